The fraction of sp³-hybridized carbons (Fsp3) is 0.222. The zero-order chi connectivity index (χ0) is 15.7. The normalized spacial score (nSPS) is 19.5. The second-order valence-corrected chi connectivity index (χ2v) is 5.60. The molecular weight excluding hydrogens is 281 g/mol. The van der Waals surface area contributed by atoms with Crippen LogP contribution in [-0.4, -0.2) is 11.7 Å². The smallest absolute Gasteiger partial charge is 0.228 e. The first-order valence-corrected chi connectivity index (χ1v) is 7.22. The average molecular weight is 297 g/mol. The van der Waals surface area contributed by atoms with Gasteiger partial charge in [-0.05, 0) is 43.0 Å². The van der Waals surface area contributed by atoms with Crippen LogP contribution in [0.15, 0.2) is 48.5 Å². The van der Waals surface area contributed by atoms with Crippen molar-refractivity contribution in [1.29, 1.82) is 0 Å². The monoisotopic (exact) mass is 297 g/mol. The van der Waals surface area contributed by atoms with Crippen molar-refractivity contribution in [3.8, 4) is 0 Å². The van der Waals surface area contributed by atoms with Crippen LogP contribution in [0, 0.1) is 11.7 Å². The topological polar surface area (TPSA) is 46.2 Å². The maximum atomic E-state index is 13.7. The molecule has 1 amide bonds. The second kappa shape index (κ2) is 5.72. The van der Waals surface area contributed by atoms with Crippen LogP contribution in [0.5, 0.6) is 0 Å². The predicted molar refractivity (Wildman–Crippen MR) is 82.3 cm³/mol. The number of nitrogens with one attached hydrogen (secondary N) is 1. The van der Waals surface area contributed by atoms with E-state index in [4.69, 9.17) is 0 Å². The van der Waals surface area contributed by atoms with Crippen molar-refractivity contribution in [3.63, 3.8) is 0 Å². The van der Waals surface area contributed by atoms with Gasteiger partial charge in [-0.2, -0.15) is 0 Å². The lowest BCUT2D eigenvalue weighted by Gasteiger charge is -2.06. The molecule has 0 heterocycles. The second-order valence-electron chi connectivity index (χ2n) is 5.60. The van der Waals surface area contributed by atoms with Crippen LogP contribution in [-0.2, 0) is 4.79 Å². The fourth-order valence-corrected chi connectivity index (χ4v) is 2.66. The number of hydrogen-bond acceptors (Lipinski definition) is 2. The first kappa shape index (κ1) is 14.4. The highest BCUT2D eigenvalue weighted by Gasteiger charge is 2.45. The number of anilines is 1. The number of rotatable bonds is 4. The molecule has 112 valence electrons. The SMILES string of the molecule is CC(=O)c1cccc(NC(=O)C2CC2c2ccccc2F)c1. The van der Waals surface area contributed by atoms with Gasteiger partial charge >= 0.3 is 0 Å². The van der Waals surface area contributed by atoms with Crippen LogP contribution in [0.2, 0.25) is 0 Å². The van der Waals surface area contributed by atoms with E-state index in [-0.39, 0.29) is 29.3 Å². The third-order valence-electron chi connectivity index (χ3n) is 3.97. The summed E-state index contributed by atoms with van der Waals surface area (Å²) < 4.78 is 13.7. The van der Waals surface area contributed by atoms with E-state index in [1.165, 1.54) is 13.0 Å². The highest BCUT2D eigenvalue weighted by molar-refractivity contribution is 5.98. The summed E-state index contributed by atoms with van der Waals surface area (Å²) in [5.41, 5.74) is 1.75. The minimum atomic E-state index is -0.263. The molecule has 2 aromatic carbocycles. The lowest BCUT2D eigenvalue weighted by atomic mass is 10.1. The molecule has 0 radical (unpaired) electrons. The summed E-state index contributed by atoms with van der Waals surface area (Å²) in [7, 11) is 0. The van der Waals surface area contributed by atoms with Crippen LogP contribution in [0.1, 0.15) is 35.2 Å². The minimum Gasteiger partial charge on any atom is -0.326 e. The molecule has 0 saturated heterocycles. The van der Waals surface area contributed by atoms with Crippen LogP contribution in [0.3, 0.4) is 0 Å². The van der Waals surface area contributed by atoms with E-state index in [9.17, 15) is 14.0 Å². The quantitative estimate of drug-likeness (QED) is 0.873. The van der Waals surface area contributed by atoms with E-state index < -0.39 is 0 Å². The Balaban J connectivity index is 1.68. The Morgan fingerprint density at radius 1 is 1.14 bits per heavy atom. The first-order valence-electron chi connectivity index (χ1n) is 7.22. The molecule has 22 heavy (non-hydrogen) atoms. The summed E-state index contributed by atoms with van der Waals surface area (Å²) in [4.78, 5) is 23.6. The van der Waals surface area contributed by atoms with Crippen molar-refractivity contribution in [2.24, 2.45) is 5.92 Å². The molecule has 2 aromatic rings. The zero-order valence-electron chi connectivity index (χ0n) is 12.2. The fourth-order valence-electron chi connectivity index (χ4n) is 2.66. The summed E-state index contributed by atoms with van der Waals surface area (Å²) in [5.74, 6) is -0.711. The molecule has 1 saturated carbocycles. The van der Waals surface area contributed by atoms with Crippen LogP contribution in [0.25, 0.3) is 0 Å². The van der Waals surface area contributed by atoms with Gasteiger partial charge < -0.3 is 5.32 Å². The van der Waals surface area contributed by atoms with Crippen molar-refractivity contribution in [1.82, 2.24) is 0 Å². The Hall–Kier alpha value is -2.49. The number of benzene rings is 2. The lowest BCUT2D eigenvalue weighted by molar-refractivity contribution is -0.117. The van der Waals surface area contributed by atoms with Gasteiger partial charge in [0.2, 0.25) is 5.91 Å². The summed E-state index contributed by atoms with van der Waals surface area (Å²) >= 11 is 0. The Morgan fingerprint density at radius 2 is 1.91 bits per heavy atom. The molecule has 0 aliphatic heterocycles. The number of hydrogen-bond donors (Lipinski definition) is 1. The molecule has 3 rings (SSSR count). The molecule has 1 N–H and O–H groups in total. The third-order valence-corrected chi connectivity index (χ3v) is 3.97. The van der Waals surface area contributed by atoms with Crippen molar-refractivity contribution >= 4 is 17.4 Å². The van der Waals surface area contributed by atoms with E-state index in [0.717, 1.165) is 0 Å². The Kier molecular flexibility index (Phi) is 3.75. The van der Waals surface area contributed by atoms with Crippen molar-refractivity contribution < 1.29 is 14.0 Å². The van der Waals surface area contributed by atoms with Gasteiger partial charge in [-0.15, -0.1) is 0 Å². The van der Waals surface area contributed by atoms with Crippen LogP contribution < -0.4 is 5.32 Å². The van der Waals surface area contributed by atoms with Gasteiger partial charge in [-0.25, -0.2) is 4.39 Å². The highest BCUT2D eigenvalue weighted by atomic mass is 19.1. The van der Waals surface area contributed by atoms with Crippen molar-refractivity contribution in [3.05, 3.63) is 65.5 Å². The van der Waals surface area contributed by atoms with Gasteiger partial charge in [-0.3, -0.25) is 9.59 Å². The standard InChI is InChI=1S/C18H16FNO2/c1-11(21)12-5-4-6-13(9-12)20-18(22)16-10-15(16)14-7-2-3-8-17(14)19/h2-9,15-16H,10H2,1H3,(H,20,22). The van der Waals surface area contributed by atoms with E-state index >= 15 is 0 Å². The molecule has 1 fully saturated rings. The molecule has 3 nitrogen and oxygen atoms in total. The summed E-state index contributed by atoms with van der Waals surface area (Å²) in [6.45, 7) is 1.48. The van der Waals surface area contributed by atoms with Gasteiger partial charge in [0, 0.05) is 17.2 Å². The van der Waals surface area contributed by atoms with E-state index in [1.807, 2.05) is 0 Å². The number of amides is 1. The molecule has 0 spiro atoms. The molecule has 1 aliphatic rings. The van der Waals surface area contributed by atoms with Gasteiger partial charge in [0.05, 0.1) is 0 Å². The number of carbonyl (C=O) groups is 2. The van der Waals surface area contributed by atoms with E-state index in [1.54, 1.807) is 42.5 Å². The van der Waals surface area contributed by atoms with Gasteiger partial charge in [0.25, 0.3) is 0 Å². The molecule has 0 bridgehead atoms. The van der Waals surface area contributed by atoms with Gasteiger partial charge in [0.1, 0.15) is 5.82 Å². The largest absolute Gasteiger partial charge is 0.326 e. The number of Topliss-reactive ketones (excluding diaryl/α,β-unsaturated/α-hetero) is 1. The third kappa shape index (κ3) is 2.91. The van der Waals surface area contributed by atoms with E-state index in [2.05, 4.69) is 5.32 Å². The number of carbonyl (C=O) groups excluding carboxylic acids is 2. The average Bonchev–Trinajstić information content (AvgIpc) is 3.28. The Bertz CT molecular complexity index is 741. The minimum absolute atomic E-state index is 0.0493. The van der Waals surface area contributed by atoms with Crippen LogP contribution in [0.4, 0.5) is 10.1 Å². The highest BCUT2D eigenvalue weighted by Crippen LogP contribution is 2.48. The maximum absolute atomic E-state index is 13.7. The van der Waals surface area contributed by atoms with Gasteiger partial charge in [0.15, 0.2) is 5.78 Å². The van der Waals surface area contributed by atoms with Crippen molar-refractivity contribution in [2.45, 2.75) is 19.3 Å². The van der Waals surface area contributed by atoms with Gasteiger partial charge in [-0.1, -0.05) is 30.3 Å². The number of ketones is 1. The molecular formula is C18H16FNO2. The summed E-state index contributed by atoms with van der Waals surface area (Å²) in [5, 5.41) is 2.80. The predicted octanol–water partition coefficient (Wildman–Crippen LogP) is 3.77. The molecule has 1 aliphatic carbocycles. The maximum Gasteiger partial charge on any atom is 0.228 e. The van der Waals surface area contributed by atoms with Crippen molar-refractivity contribution in [2.75, 3.05) is 5.32 Å². The first-order chi connectivity index (χ1) is 10.6. The molecule has 0 aromatic heterocycles. The zero-order valence-corrected chi connectivity index (χ0v) is 12.2. The lowest BCUT2D eigenvalue weighted by Crippen LogP contribution is -2.15. The van der Waals surface area contributed by atoms with E-state index in [0.29, 0.717) is 23.2 Å². The Labute approximate surface area is 128 Å². The molecule has 4 heteroatoms. The Morgan fingerprint density at radius 3 is 2.64 bits per heavy atom. The molecule has 2 unspecified atom stereocenters. The summed E-state index contributed by atoms with van der Waals surface area (Å²) in [6.07, 6.45) is 0.652. The molecule has 2 atom stereocenters. The summed E-state index contributed by atoms with van der Waals surface area (Å²) in [6, 6.07) is 13.4. The van der Waals surface area contributed by atoms with Crippen LogP contribution >= 0.6 is 0 Å². The number of halogens is 1.